The van der Waals surface area contributed by atoms with E-state index in [1.54, 1.807) is 6.20 Å². The van der Waals surface area contributed by atoms with Crippen molar-refractivity contribution in [3.8, 4) is 11.4 Å². The summed E-state index contributed by atoms with van der Waals surface area (Å²) in [7, 11) is 1.92. The van der Waals surface area contributed by atoms with Gasteiger partial charge in [-0.2, -0.15) is 5.10 Å². The van der Waals surface area contributed by atoms with Crippen molar-refractivity contribution in [1.82, 2.24) is 19.7 Å². The maximum Gasteiger partial charge on any atom is 0.165 e. The van der Waals surface area contributed by atoms with Crippen LogP contribution in [0.25, 0.3) is 11.4 Å². The molecule has 0 fully saturated rings. The van der Waals surface area contributed by atoms with Gasteiger partial charge >= 0.3 is 0 Å². The number of anilines is 1. The fraction of sp³-hybridized carbons (Fsp3) is 0.462. The van der Waals surface area contributed by atoms with Gasteiger partial charge in [-0.05, 0) is 32.6 Å². The van der Waals surface area contributed by atoms with E-state index in [0.29, 0.717) is 11.6 Å². The summed E-state index contributed by atoms with van der Waals surface area (Å²) in [5, 5.41) is 4.23. The lowest BCUT2D eigenvalue weighted by molar-refractivity contribution is 0.666. The highest BCUT2D eigenvalue weighted by Crippen LogP contribution is 2.27. The van der Waals surface area contributed by atoms with Crippen LogP contribution in [-0.2, 0) is 19.9 Å². The van der Waals surface area contributed by atoms with Gasteiger partial charge in [-0.25, -0.2) is 9.97 Å². The highest BCUT2D eigenvalue weighted by atomic mass is 15.3. The number of rotatable bonds is 1. The van der Waals surface area contributed by atoms with Gasteiger partial charge in [0.25, 0.3) is 0 Å². The minimum atomic E-state index is 0.637. The van der Waals surface area contributed by atoms with Gasteiger partial charge in [-0.15, -0.1) is 0 Å². The second-order valence-corrected chi connectivity index (χ2v) is 4.83. The third-order valence-corrected chi connectivity index (χ3v) is 3.69. The van der Waals surface area contributed by atoms with Gasteiger partial charge in [0, 0.05) is 24.0 Å². The molecule has 94 valence electrons. The molecule has 5 nitrogen and oxygen atoms in total. The smallest absolute Gasteiger partial charge is 0.165 e. The van der Waals surface area contributed by atoms with E-state index in [0.717, 1.165) is 35.4 Å². The average molecular weight is 243 g/mol. The average Bonchev–Trinajstić information content (AvgIpc) is 2.70. The molecule has 18 heavy (non-hydrogen) atoms. The van der Waals surface area contributed by atoms with Crippen molar-refractivity contribution in [3.63, 3.8) is 0 Å². The Labute approximate surface area is 106 Å². The van der Waals surface area contributed by atoms with Gasteiger partial charge in [0.1, 0.15) is 5.82 Å². The molecule has 0 amide bonds. The minimum absolute atomic E-state index is 0.637. The van der Waals surface area contributed by atoms with Crippen LogP contribution >= 0.6 is 0 Å². The summed E-state index contributed by atoms with van der Waals surface area (Å²) in [6.07, 6.45) is 6.20. The first-order valence-corrected chi connectivity index (χ1v) is 6.31. The molecule has 0 atom stereocenters. The highest BCUT2D eigenvalue weighted by molar-refractivity contribution is 5.60. The van der Waals surface area contributed by atoms with E-state index in [2.05, 4.69) is 15.1 Å². The number of nitrogens with zero attached hydrogens (tertiary/aromatic N) is 4. The van der Waals surface area contributed by atoms with Crippen LogP contribution in [0.3, 0.4) is 0 Å². The summed E-state index contributed by atoms with van der Waals surface area (Å²) >= 11 is 0. The maximum absolute atomic E-state index is 6.06. The van der Waals surface area contributed by atoms with Crippen molar-refractivity contribution < 1.29 is 0 Å². The second-order valence-electron chi connectivity index (χ2n) is 4.83. The van der Waals surface area contributed by atoms with Crippen molar-refractivity contribution in [1.29, 1.82) is 0 Å². The lowest BCUT2D eigenvalue weighted by Crippen LogP contribution is -2.12. The quantitative estimate of drug-likeness (QED) is 0.826. The fourth-order valence-corrected chi connectivity index (χ4v) is 2.46. The van der Waals surface area contributed by atoms with E-state index in [1.165, 1.54) is 12.8 Å². The number of fused-ring (bicyclic) bond motifs is 1. The molecule has 2 aromatic heterocycles. The molecule has 0 unspecified atom stereocenters. The minimum Gasteiger partial charge on any atom is -0.383 e. The van der Waals surface area contributed by atoms with Crippen LogP contribution in [0.1, 0.15) is 29.8 Å². The first-order chi connectivity index (χ1) is 8.66. The molecule has 0 aromatic carbocycles. The predicted molar refractivity (Wildman–Crippen MR) is 70.0 cm³/mol. The molecule has 2 N–H and O–H groups in total. The number of nitrogen functional groups attached to an aromatic ring is 1. The zero-order valence-electron chi connectivity index (χ0n) is 10.8. The summed E-state index contributed by atoms with van der Waals surface area (Å²) < 4.78 is 1.83. The molecule has 0 aliphatic heterocycles. The number of hydrogen-bond acceptors (Lipinski definition) is 4. The second kappa shape index (κ2) is 4.08. The summed E-state index contributed by atoms with van der Waals surface area (Å²) in [6.45, 7) is 2.02. The van der Waals surface area contributed by atoms with E-state index in [4.69, 9.17) is 5.73 Å². The number of nitrogens with two attached hydrogens (primary N) is 1. The molecule has 3 rings (SSSR count). The lowest BCUT2D eigenvalue weighted by atomic mass is 9.96. The fourth-order valence-electron chi connectivity index (χ4n) is 2.46. The molecular formula is C13H17N5. The molecule has 2 heterocycles. The van der Waals surface area contributed by atoms with Crippen molar-refractivity contribution in [2.75, 3.05) is 5.73 Å². The van der Waals surface area contributed by atoms with Gasteiger partial charge in [-0.1, -0.05) is 0 Å². The Hall–Kier alpha value is -1.91. The zero-order valence-corrected chi connectivity index (χ0v) is 10.8. The van der Waals surface area contributed by atoms with Crippen LogP contribution in [0.4, 0.5) is 5.82 Å². The zero-order chi connectivity index (χ0) is 12.7. The normalized spacial score (nSPS) is 14.6. The Morgan fingerprint density at radius 3 is 2.72 bits per heavy atom. The highest BCUT2D eigenvalue weighted by Gasteiger charge is 2.18. The molecule has 1 aliphatic rings. The van der Waals surface area contributed by atoms with Crippen molar-refractivity contribution in [2.45, 2.75) is 32.6 Å². The first-order valence-electron chi connectivity index (χ1n) is 6.31. The van der Waals surface area contributed by atoms with Gasteiger partial charge in [0.05, 0.1) is 11.8 Å². The van der Waals surface area contributed by atoms with Gasteiger partial charge in [0.15, 0.2) is 5.82 Å². The van der Waals surface area contributed by atoms with Gasteiger partial charge in [-0.3, -0.25) is 4.68 Å². The summed E-state index contributed by atoms with van der Waals surface area (Å²) in [4.78, 5) is 9.12. The molecule has 5 heteroatoms. The van der Waals surface area contributed by atoms with E-state index in [-0.39, 0.29) is 0 Å². The van der Waals surface area contributed by atoms with E-state index >= 15 is 0 Å². The van der Waals surface area contributed by atoms with Crippen molar-refractivity contribution in [2.24, 2.45) is 7.05 Å². The van der Waals surface area contributed by atoms with Crippen LogP contribution in [0.15, 0.2) is 6.20 Å². The Morgan fingerprint density at radius 1 is 1.22 bits per heavy atom. The SMILES string of the molecule is Cc1c(-c2nc(N)c3c(n2)CCCC3)cnn1C. The Bertz CT molecular complexity index is 600. The largest absolute Gasteiger partial charge is 0.383 e. The molecule has 0 spiro atoms. The molecule has 2 aromatic rings. The molecule has 1 aliphatic carbocycles. The number of hydrogen-bond donors (Lipinski definition) is 1. The van der Waals surface area contributed by atoms with Gasteiger partial charge in [0.2, 0.25) is 0 Å². The Balaban J connectivity index is 2.14. The van der Waals surface area contributed by atoms with Crippen LogP contribution in [0, 0.1) is 6.92 Å². The van der Waals surface area contributed by atoms with E-state index in [9.17, 15) is 0 Å². The molecule has 0 radical (unpaired) electrons. The van der Waals surface area contributed by atoms with Crippen molar-refractivity contribution in [3.05, 3.63) is 23.1 Å². The van der Waals surface area contributed by atoms with Crippen molar-refractivity contribution >= 4 is 5.82 Å². The van der Waals surface area contributed by atoms with Gasteiger partial charge < -0.3 is 5.73 Å². The Kier molecular flexibility index (Phi) is 2.54. The Morgan fingerprint density at radius 2 is 2.00 bits per heavy atom. The first kappa shape index (κ1) is 11.2. The van der Waals surface area contributed by atoms with Crippen LogP contribution in [0.2, 0.25) is 0 Å². The third kappa shape index (κ3) is 1.66. The van der Waals surface area contributed by atoms with Crippen LogP contribution in [0.5, 0.6) is 0 Å². The molecule has 0 bridgehead atoms. The van der Waals surface area contributed by atoms with Crippen LogP contribution < -0.4 is 5.73 Å². The standard InChI is InChI=1S/C13H17N5/c1-8-10(7-15-18(8)2)13-16-11-6-4-3-5-9(11)12(14)17-13/h7H,3-6H2,1-2H3,(H2,14,16,17). The number of aryl methyl sites for hydroxylation is 2. The third-order valence-electron chi connectivity index (χ3n) is 3.69. The van der Waals surface area contributed by atoms with E-state index in [1.807, 2.05) is 18.7 Å². The number of aromatic nitrogens is 4. The predicted octanol–water partition coefficient (Wildman–Crippen LogP) is 1.65. The lowest BCUT2D eigenvalue weighted by Gasteiger charge is -2.16. The summed E-state index contributed by atoms with van der Waals surface area (Å²) in [5.74, 6) is 1.34. The monoisotopic (exact) mass is 243 g/mol. The maximum atomic E-state index is 6.06. The summed E-state index contributed by atoms with van der Waals surface area (Å²) in [5.41, 5.74) is 10.4. The van der Waals surface area contributed by atoms with E-state index < -0.39 is 0 Å². The molecule has 0 saturated heterocycles. The summed E-state index contributed by atoms with van der Waals surface area (Å²) in [6, 6.07) is 0. The molecule has 0 saturated carbocycles. The van der Waals surface area contributed by atoms with Crippen LogP contribution in [-0.4, -0.2) is 19.7 Å². The topological polar surface area (TPSA) is 69.6 Å². The molecular weight excluding hydrogens is 226 g/mol.